The predicted octanol–water partition coefficient (Wildman–Crippen LogP) is 2.61. The average Bonchev–Trinajstić information content (AvgIpc) is 2.35. The van der Waals surface area contributed by atoms with Gasteiger partial charge in [-0.1, -0.05) is 6.07 Å². The molecule has 1 aromatic rings. The number of hydrogen-bond donors (Lipinski definition) is 0. The Morgan fingerprint density at radius 2 is 1.83 bits per heavy atom. The summed E-state index contributed by atoms with van der Waals surface area (Å²) in [7, 11) is 0. The predicted molar refractivity (Wildman–Crippen MR) is 68.9 cm³/mol. The van der Waals surface area contributed by atoms with E-state index in [9.17, 15) is 4.79 Å². The van der Waals surface area contributed by atoms with Crippen LogP contribution in [0.2, 0.25) is 0 Å². The summed E-state index contributed by atoms with van der Waals surface area (Å²) in [5.41, 5.74) is 4.40. The third-order valence-corrected chi connectivity index (χ3v) is 3.20. The van der Waals surface area contributed by atoms with Crippen molar-refractivity contribution in [2.45, 2.75) is 20.8 Å². The molecule has 2 aliphatic rings. The van der Waals surface area contributed by atoms with Gasteiger partial charge < -0.3 is 4.42 Å². The first kappa shape index (κ1) is 10.9. The molecule has 0 atom stereocenters. The van der Waals surface area contributed by atoms with E-state index in [0.717, 1.165) is 16.6 Å². The SMILES string of the molecule is Cc1ccc2oc3nc(=O)c(C)c(C)c-3nc2c1. The molecule has 0 unspecified atom stereocenters. The Balaban J connectivity index is 2.50. The minimum Gasteiger partial charge on any atom is -0.435 e. The van der Waals surface area contributed by atoms with Gasteiger partial charge in [-0.25, -0.2) is 4.98 Å². The molecule has 0 radical (unpaired) electrons. The Morgan fingerprint density at radius 3 is 2.61 bits per heavy atom. The largest absolute Gasteiger partial charge is 0.435 e. The molecule has 18 heavy (non-hydrogen) atoms. The van der Waals surface area contributed by atoms with E-state index in [4.69, 9.17) is 4.42 Å². The third kappa shape index (κ3) is 1.49. The van der Waals surface area contributed by atoms with Crippen LogP contribution in [0.4, 0.5) is 0 Å². The lowest BCUT2D eigenvalue weighted by molar-refractivity contribution is 0.588. The van der Waals surface area contributed by atoms with Crippen molar-refractivity contribution >= 4 is 11.1 Å². The Kier molecular flexibility index (Phi) is 2.20. The smallest absolute Gasteiger partial charge is 0.276 e. The lowest BCUT2D eigenvalue weighted by Gasteiger charge is -2.09. The number of pyridine rings is 1. The molecule has 0 N–H and O–H groups in total. The van der Waals surface area contributed by atoms with E-state index in [1.165, 1.54) is 0 Å². The van der Waals surface area contributed by atoms with E-state index in [2.05, 4.69) is 9.97 Å². The quantitative estimate of drug-likeness (QED) is 0.567. The first-order valence-corrected chi connectivity index (χ1v) is 5.74. The van der Waals surface area contributed by atoms with Crippen LogP contribution in [0.15, 0.2) is 27.4 Å². The second-order valence-electron chi connectivity index (χ2n) is 4.51. The normalized spacial score (nSPS) is 11.3. The van der Waals surface area contributed by atoms with Crippen molar-refractivity contribution in [1.29, 1.82) is 0 Å². The van der Waals surface area contributed by atoms with Gasteiger partial charge in [0.1, 0.15) is 11.2 Å². The van der Waals surface area contributed by atoms with Gasteiger partial charge in [0.25, 0.3) is 5.56 Å². The maximum Gasteiger partial charge on any atom is 0.276 e. The van der Waals surface area contributed by atoms with Gasteiger partial charge in [-0.05, 0) is 44.0 Å². The monoisotopic (exact) mass is 240 g/mol. The Morgan fingerprint density at radius 1 is 1.06 bits per heavy atom. The van der Waals surface area contributed by atoms with Crippen LogP contribution in [0, 0.1) is 20.8 Å². The molecule has 4 nitrogen and oxygen atoms in total. The zero-order valence-electron chi connectivity index (χ0n) is 10.4. The fourth-order valence-electron chi connectivity index (χ4n) is 1.96. The topological polar surface area (TPSA) is 56.0 Å². The van der Waals surface area contributed by atoms with Crippen LogP contribution in [0.1, 0.15) is 16.7 Å². The number of benzene rings is 1. The zero-order valence-corrected chi connectivity index (χ0v) is 10.4. The highest BCUT2D eigenvalue weighted by molar-refractivity contribution is 5.77. The number of aromatic nitrogens is 2. The Hall–Kier alpha value is -2.23. The van der Waals surface area contributed by atoms with Crippen LogP contribution in [-0.4, -0.2) is 9.97 Å². The summed E-state index contributed by atoms with van der Waals surface area (Å²) in [6.45, 7) is 5.62. The number of aryl methyl sites for hydroxylation is 1. The number of rotatable bonds is 0. The standard InChI is InChI=1S/C14H12N2O2/c1-7-4-5-11-10(6-7)15-12-8(2)9(3)13(17)16-14(12)18-11/h4-6H,1-3H3. The number of hydrogen-bond acceptors (Lipinski definition) is 4. The van der Waals surface area contributed by atoms with Gasteiger partial charge in [0.05, 0.1) is 0 Å². The molecular formula is C14H12N2O2. The lowest BCUT2D eigenvalue weighted by atomic mass is 10.1. The van der Waals surface area contributed by atoms with Crippen molar-refractivity contribution in [3.63, 3.8) is 0 Å². The zero-order chi connectivity index (χ0) is 12.9. The van der Waals surface area contributed by atoms with Gasteiger partial charge in [0.15, 0.2) is 5.58 Å². The second-order valence-corrected chi connectivity index (χ2v) is 4.51. The van der Waals surface area contributed by atoms with Crippen LogP contribution < -0.4 is 5.56 Å². The first-order valence-electron chi connectivity index (χ1n) is 5.74. The summed E-state index contributed by atoms with van der Waals surface area (Å²) in [4.78, 5) is 20.1. The molecule has 4 heteroatoms. The molecule has 0 saturated heterocycles. The fraction of sp³-hybridized carbons (Fsp3) is 0.214. The van der Waals surface area contributed by atoms with Gasteiger partial charge in [-0.15, -0.1) is 0 Å². The van der Waals surface area contributed by atoms with Crippen molar-refractivity contribution in [2.24, 2.45) is 0 Å². The van der Waals surface area contributed by atoms with E-state index < -0.39 is 0 Å². The number of fused-ring (bicyclic) bond motifs is 2. The van der Waals surface area contributed by atoms with Gasteiger partial charge in [0.2, 0.25) is 5.89 Å². The molecule has 0 fully saturated rings. The van der Waals surface area contributed by atoms with Crippen LogP contribution in [-0.2, 0) is 0 Å². The summed E-state index contributed by atoms with van der Waals surface area (Å²) in [5, 5.41) is 0. The van der Waals surface area contributed by atoms with Crippen LogP contribution >= 0.6 is 0 Å². The maximum absolute atomic E-state index is 11.6. The van der Waals surface area contributed by atoms with Crippen molar-refractivity contribution in [3.05, 3.63) is 45.2 Å². The van der Waals surface area contributed by atoms with Crippen LogP contribution in [0.3, 0.4) is 0 Å². The first-order chi connectivity index (χ1) is 8.56. The van der Waals surface area contributed by atoms with Crippen molar-refractivity contribution < 1.29 is 4.42 Å². The Bertz CT molecular complexity index is 790. The van der Waals surface area contributed by atoms with E-state index >= 15 is 0 Å². The Labute approximate surface area is 104 Å². The molecular weight excluding hydrogens is 228 g/mol. The molecule has 1 aromatic carbocycles. The number of nitrogens with zero attached hydrogens (tertiary/aromatic N) is 2. The van der Waals surface area contributed by atoms with E-state index in [1.54, 1.807) is 6.92 Å². The summed E-state index contributed by atoms with van der Waals surface area (Å²) >= 11 is 0. The highest BCUT2D eigenvalue weighted by Gasteiger charge is 2.17. The van der Waals surface area contributed by atoms with Crippen molar-refractivity contribution in [2.75, 3.05) is 0 Å². The average molecular weight is 240 g/mol. The lowest BCUT2D eigenvalue weighted by Crippen LogP contribution is -2.14. The van der Waals surface area contributed by atoms with E-state index in [0.29, 0.717) is 22.7 Å². The minimum atomic E-state index is -0.253. The summed E-state index contributed by atoms with van der Waals surface area (Å²) in [6, 6.07) is 5.75. The molecule has 3 rings (SSSR count). The molecule has 0 spiro atoms. The van der Waals surface area contributed by atoms with Crippen LogP contribution in [0.5, 0.6) is 0 Å². The molecule has 0 bridgehead atoms. The van der Waals surface area contributed by atoms with Crippen molar-refractivity contribution in [1.82, 2.24) is 9.97 Å². The molecule has 0 aromatic heterocycles. The van der Waals surface area contributed by atoms with Gasteiger partial charge >= 0.3 is 0 Å². The molecule has 0 saturated carbocycles. The summed E-state index contributed by atoms with van der Waals surface area (Å²) < 4.78 is 5.64. The molecule has 0 amide bonds. The van der Waals surface area contributed by atoms with Gasteiger partial charge in [0, 0.05) is 5.56 Å². The highest BCUT2D eigenvalue weighted by Crippen LogP contribution is 2.26. The maximum atomic E-state index is 11.6. The van der Waals surface area contributed by atoms with Crippen molar-refractivity contribution in [3.8, 4) is 11.6 Å². The molecule has 2 aliphatic heterocycles. The highest BCUT2D eigenvalue weighted by atomic mass is 16.3. The van der Waals surface area contributed by atoms with E-state index in [1.807, 2.05) is 32.0 Å². The minimum absolute atomic E-state index is 0.253. The van der Waals surface area contributed by atoms with Gasteiger partial charge in [-0.3, -0.25) is 4.79 Å². The molecule has 0 aliphatic carbocycles. The van der Waals surface area contributed by atoms with Crippen LogP contribution in [0.25, 0.3) is 22.7 Å². The third-order valence-electron chi connectivity index (χ3n) is 3.20. The summed E-state index contributed by atoms with van der Waals surface area (Å²) in [6.07, 6.45) is 0. The summed E-state index contributed by atoms with van der Waals surface area (Å²) in [5.74, 6) is 0.305. The fourth-order valence-corrected chi connectivity index (χ4v) is 1.96. The molecule has 90 valence electrons. The van der Waals surface area contributed by atoms with Gasteiger partial charge in [-0.2, -0.15) is 4.98 Å². The van der Waals surface area contributed by atoms with E-state index in [-0.39, 0.29) is 5.56 Å². The second kappa shape index (κ2) is 3.63. The molecule has 2 heterocycles.